The Morgan fingerprint density at radius 2 is 1.35 bits per heavy atom. The van der Waals surface area contributed by atoms with Crippen molar-refractivity contribution in [3.8, 4) is 0 Å². The van der Waals surface area contributed by atoms with Crippen molar-refractivity contribution in [2.75, 3.05) is 0 Å². The van der Waals surface area contributed by atoms with Crippen molar-refractivity contribution in [2.24, 2.45) is 0 Å². The highest BCUT2D eigenvalue weighted by Crippen LogP contribution is 2.32. The van der Waals surface area contributed by atoms with Gasteiger partial charge in [-0.2, -0.15) is 0 Å². The molecule has 0 radical (unpaired) electrons. The molecular weight excluding hydrogens is 352 g/mol. The van der Waals surface area contributed by atoms with Crippen molar-refractivity contribution in [3.05, 3.63) is 67.1 Å². The van der Waals surface area contributed by atoms with Gasteiger partial charge in [0.25, 0.3) is 0 Å². The molecule has 0 heterocycles. The van der Waals surface area contributed by atoms with Crippen LogP contribution in [0, 0.1) is 11.6 Å². The number of halogens is 6. The van der Waals surface area contributed by atoms with Crippen molar-refractivity contribution >= 4 is 52.2 Å². The zero-order valence-electron chi connectivity index (χ0n) is 9.49. The molecule has 0 aliphatic rings. The summed E-state index contributed by atoms with van der Waals surface area (Å²) in [6, 6.07) is 3.97. The van der Waals surface area contributed by atoms with Gasteiger partial charge in [-0.05, 0) is 24.3 Å². The van der Waals surface area contributed by atoms with Crippen LogP contribution in [0.2, 0.25) is 20.1 Å². The molecule has 2 aromatic rings. The molecule has 0 aliphatic heterocycles. The van der Waals surface area contributed by atoms with Crippen LogP contribution in [0.25, 0.3) is 0 Å². The lowest BCUT2D eigenvalue weighted by Crippen LogP contribution is -2.07. The zero-order chi connectivity index (χ0) is 15.0. The van der Waals surface area contributed by atoms with E-state index in [-0.39, 0.29) is 20.6 Å². The lowest BCUT2D eigenvalue weighted by atomic mass is 10.0. The maximum absolute atomic E-state index is 13.7. The first-order valence-electron chi connectivity index (χ1n) is 5.15. The Labute approximate surface area is 133 Å². The molecule has 0 saturated heterocycles. The molecule has 0 atom stereocenters. The molecule has 7 heteroatoms. The van der Waals surface area contributed by atoms with Crippen LogP contribution in [-0.2, 0) is 0 Å². The minimum Gasteiger partial charge on any atom is -0.288 e. The van der Waals surface area contributed by atoms with Gasteiger partial charge in [0.15, 0.2) is 5.78 Å². The third kappa shape index (κ3) is 2.91. The molecule has 0 spiro atoms. The first-order chi connectivity index (χ1) is 9.31. The van der Waals surface area contributed by atoms with Gasteiger partial charge in [-0.25, -0.2) is 8.78 Å². The monoisotopic (exact) mass is 354 g/mol. The van der Waals surface area contributed by atoms with Gasteiger partial charge >= 0.3 is 0 Å². The maximum Gasteiger partial charge on any atom is 0.199 e. The van der Waals surface area contributed by atoms with Crippen LogP contribution in [0.5, 0.6) is 0 Å². The highest BCUT2D eigenvalue weighted by molar-refractivity contribution is 6.43. The van der Waals surface area contributed by atoms with Gasteiger partial charge in [0, 0.05) is 5.02 Å². The fourth-order valence-electron chi connectivity index (χ4n) is 1.59. The summed E-state index contributed by atoms with van der Waals surface area (Å²) in [4.78, 5) is 12.2. The number of hydrogen-bond donors (Lipinski definition) is 0. The van der Waals surface area contributed by atoms with E-state index >= 15 is 0 Å². The second kappa shape index (κ2) is 5.86. The Bertz CT molecular complexity index is 693. The number of ketones is 1. The largest absolute Gasteiger partial charge is 0.288 e. The van der Waals surface area contributed by atoms with Crippen molar-refractivity contribution in [2.45, 2.75) is 0 Å². The maximum atomic E-state index is 13.7. The van der Waals surface area contributed by atoms with Crippen molar-refractivity contribution in [1.29, 1.82) is 0 Å². The number of hydrogen-bond acceptors (Lipinski definition) is 1. The molecule has 0 N–H and O–H groups in total. The number of carbonyl (C=O) groups excluding carboxylic acids is 1. The second-order valence-electron chi connectivity index (χ2n) is 3.82. The molecular formula is C13H4Cl4F2O. The third-order valence-corrected chi connectivity index (χ3v) is 3.59. The van der Waals surface area contributed by atoms with E-state index in [1.54, 1.807) is 0 Å². The summed E-state index contributed by atoms with van der Waals surface area (Å²) < 4.78 is 27.1. The molecule has 0 saturated carbocycles. The summed E-state index contributed by atoms with van der Waals surface area (Å²) in [5.41, 5.74) is -0.670. The van der Waals surface area contributed by atoms with Gasteiger partial charge in [-0.3, -0.25) is 4.79 Å². The van der Waals surface area contributed by atoms with Crippen LogP contribution in [0.3, 0.4) is 0 Å². The molecule has 20 heavy (non-hydrogen) atoms. The van der Waals surface area contributed by atoms with E-state index in [2.05, 4.69) is 0 Å². The Balaban J connectivity index is 2.61. The summed E-state index contributed by atoms with van der Waals surface area (Å²) in [6.07, 6.45) is 0. The van der Waals surface area contributed by atoms with Crippen LogP contribution >= 0.6 is 46.4 Å². The van der Waals surface area contributed by atoms with Gasteiger partial charge in [-0.1, -0.05) is 46.4 Å². The number of carbonyl (C=O) groups is 1. The van der Waals surface area contributed by atoms with Gasteiger partial charge < -0.3 is 0 Å². The van der Waals surface area contributed by atoms with E-state index in [0.29, 0.717) is 12.1 Å². The topological polar surface area (TPSA) is 17.1 Å². The zero-order valence-corrected chi connectivity index (χ0v) is 12.5. The Morgan fingerprint density at radius 3 is 1.90 bits per heavy atom. The van der Waals surface area contributed by atoms with E-state index in [0.717, 1.165) is 0 Å². The molecule has 0 amide bonds. The SMILES string of the molecule is O=C(c1cc(F)c(Cl)cc1F)c1c(Cl)cc(Cl)cc1Cl. The fourth-order valence-corrected chi connectivity index (χ4v) is 2.73. The average molecular weight is 356 g/mol. The molecule has 0 aliphatic carbocycles. The standard InChI is InChI=1S/C13H4Cl4F2O/c14-5-1-8(16)12(9(17)2-5)13(20)6-3-11(19)7(15)4-10(6)18/h1-4H. The normalized spacial score (nSPS) is 10.7. The summed E-state index contributed by atoms with van der Waals surface area (Å²) in [5.74, 6) is -2.74. The number of rotatable bonds is 2. The first kappa shape index (κ1) is 15.5. The van der Waals surface area contributed by atoms with Gasteiger partial charge in [0.05, 0.1) is 26.2 Å². The lowest BCUT2D eigenvalue weighted by molar-refractivity contribution is 0.103. The molecule has 2 aromatic carbocycles. The smallest absolute Gasteiger partial charge is 0.199 e. The summed E-state index contributed by atoms with van der Waals surface area (Å²) in [5, 5.41) is -0.309. The predicted octanol–water partition coefficient (Wildman–Crippen LogP) is 5.81. The van der Waals surface area contributed by atoms with E-state index in [4.69, 9.17) is 46.4 Å². The molecule has 104 valence electrons. The molecule has 0 fully saturated rings. The van der Waals surface area contributed by atoms with Crippen molar-refractivity contribution < 1.29 is 13.6 Å². The van der Waals surface area contributed by atoms with E-state index in [1.165, 1.54) is 12.1 Å². The van der Waals surface area contributed by atoms with Gasteiger partial charge in [-0.15, -0.1) is 0 Å². The van der Waals surface area contributed by atoms with Crippen molar-refractivity contribution in [3.63, 3.8) is 0 Å². The van der Waals surface area contributed by atoms with Crippen LogP contribution in [-0.4, -0.2) is 5.78 Å². The van der Waals surface area contributed by atoms with Crippen molar-refractivity contribution in [1.82, 2.24) is 0 Å². The van der Waals surface area contributed by atoms with Crippen LogP contribution in [0.15, 0.2) is 24.3 Å². The Kier molecular flexibility index (Phi) is 4.55. The quantitative estimate of drug-likeness (QED) is 0.490. The van der Waals surface area contributed by atoms with E-state index in [9.17, 15) is 13.6 Å². The minimum atomic E-state index is -0.969. The van der Waals surface area contributed by atoms with E-state index in [1.807, 2.05) is 0 Å². The third-order valence-electron chi connectivity index (χ3n) is 2.49. The minimum absolute atomic E-state index is 0.0535. The Hall–Kier alpha value is -0.870. The molecule has 1 nitrogen and oxygen atoms in total. The molecule has 0 aromatic heterocycles. The van der Waals surface area contributed by atoms with Crippen LogP contribution in [0.4, 0.5) is 8.78 Å². The van der Waals surface area contributed by atoms with E-state index < -0.39 is 28.0 Å². The average Bonchev–Trinajstić information content (AvgIpc) is 2.32. The predicted molar refractivity (Wildman–Crippen MR) is 76.3 cm³/mol. The second-order valence-corrected chi connectivity index (χ2v) is 5.48. The highest BCUT2D eigenvalue weighted by Gasteiger charge is 2.22. The van der Waals surface area contributed by atoms with Gasteiger partial charge in [0.1, 0.15) is 11.6 Å². The summed E-state index contributed by atoms with van der Waals surface area (Å²) in [7, 11) is 0. The fraction of sp³-hybridized carbons (Fsp3) is 0. The number of benzene rings is 2. The lowest BCUT2D eigenvalue weighted by Gasteiger charge is -2.08. The van der Waals surface area contributed by atoms with Gasteiger partial charge in [0.2, 0.25) is 0 Å². The van der Waals surface area contributed by atoms with Crippen LogP contribution < -0.4 is 0 Å². The highest BCUT2D eigenvalue weighted by atomic mass is 35.5. The first-order valence-corrected chi connectivity index (χ1v) is 6.66. The Morgan fingerprint density at radius 1 is 0.800 bits per heavy atom. The summed E-state index contributed by atoms with van der Waals surface area (Å²) >= 11 is 22.9. The molecule has 0 unspecified atom stereocenters. The molecule has 2 rings (SSSR count). The van der Waals surface area contributed by atoms with Crippen LogP contribution in [0.1, 0.15) is 15.9 Å². The summed E-state index contributed by atoms with van der Waals surface area (Å²) in [6.45, 7) is 0. The molecule has 0 bridgehead atoms.